The van der Waals surface area contributed by atoms with Gasteiger partial charge in [-0.2, -0.15) is 0 Å². The van der Waals surface area contributed by atoms with Gasteiger partial charge in [0.25, 0.3) is 0 Å². The zero-order chi connectivity index (χ0) is 11.9. The highest BCUT2D eigenvalue weighted by molar-refractivity contribution is 5.69. The summed E-state index contributed by atoms with van der Waals surface area (Å²) in [5, 5.41) is 0. The molecule has 1 unspecified atom stereocenters. The van der Waals surface area contributed by atoms with Crippen molar-refractivity contribution in [2.75, 3.05) is 13.2 Å². The van der Waals surface area contributed by atoms with E-state index in [9.17, 15) is 9.18 Å². The Morgan fingerprint density at radius 3 is 2.62 bits per heavy atom. The third-order valence-corrected chi connectivity index (χ3v) is 2.71. The second-order valence-corrected chi connectivity index (χ2v) is 5.40. The predicted molar refractivity (Wildman–Crippen MR) is 56.0 cm³/mol. The maximum atomic E-state index is 13.3. The lowest BCUT2D eigenvalue weighted by Crippen LogP contribution is -2.42. The molecule has 0 aromatic rings. The fourth-order valence-corrected chi connectivity index (χ4v) is 1.97. The van der Waals surface area contributed by atoms with Gasteiger partial charge in [-0.1, -0.05) is 0 Å². The molecule has 3 atom stereocenters. The molecule has 0 bridgehead atoms. The lowest BCUT2D eigenvalue weighted by molar-refractivity contribution is 0.0197. The third-order valence-electron chi connectivity index (χ3n) is 2.71. The van der Waals surface area contributed by atoms with Crippen molar-refractivity contribution in [3.8, 4) is 0 Å². The summed E-state index contributed by atoms with van der Waals surface area (Å²) < 4.78 is 23.7. The first kappa shape index (κ1) is 11.6. The quantitative estimate of drug-likeness (QED) is 0.645. The van der Waals surface area contributed by atoms with E-state index in [1.165, 1.54) is 4.90 Å². The minimum absolute atomic E-state index is 0.00766. The van der Waals surface area contributed by atoms with Crippen molar-refractivity contribution in [2.24, 2.45) is 0 Å². The van der Waals surface area contributed by atoms with Gasteiger partial charge in [0.05, 0.1) is 19.2 Å². The molecule has 0 aromatic heterocycles. The van der Waals surface area contributed by atoms with Crippen molar-refractivity contribution >= 4 is 6.09 Å². The fourth-order valence-electron chi connectivity index (χ4n) is 1.97. The number of carbonyl (C=O) groups excluding carboxylic acids is 1. The van der Waals surface area contributed by atoms with Crippen LogP contribution in [0.1, 0.15) is 27.2 Å². The van der Waals surface area contributed by atoms with Crippen LogP contribution >= 0.6 is 0 Å². The largest absolute Gasteiger partial charge is 0.444 e. The maximum Gasteiger partial charge on any atom is 0.410 e. The fraction of sp³-hybridized carbons (Fsp3) is 0.909. The maximum absolute atomic E-state index is 13.3. The number of hydrogen-bond donors (Lipinski definition) is 0. The summed E-state index contributed by atoms with van der Waals surface area (Å²) in [6.45, 7) is 6.15. The standard InChI is InChI=1S/C11H18FNO3/c1-11(2,3)16-10(14)13-5-7(12)4-8(13)9-6-15-9/h7-9H,4-6H2,1-3H3/t7-,8?,9+/m0/s1. The van der Waals surface area contributed by atoms with Gasteiger partial charge in [-0.15, -0.1) is 0 Å². The minimum atomic E-state index is -0.957. The smallest absolute Gasteiger partial charge is 0.410 e. The Hall–Kier alpha value is -0.840. The van der Waals surface area contributed by atoms with Gasteiger partial charge in [0.1, 0.15) is 17.9 Å². The predicted octanol–water partition coefficient (Wildman–Crippen LogP) is 1.73. The van der Waals surface area contributed by atoms with Crippen LogP contribution in [0.5, 0.6) is 0 Å². The molecule has 0 N–H and O–H groups in total. The van der Waals surface area contributed by atoms with Gasteiger partial charge in [-0.3, -0.25) is 4.90 Å². The molecule has 2 fully saturated rings. The van der Waals surface area contributed by atoms with E-state index in [1.54, 1.807) is 20.8 Å². The van der Waals surface area contributed by atoms with Crippen molar-refractivity contribution in [3.63, 3.8) is 0 Å². The third kappa shape index (κ3) is 2.64. The molecule has 0 aliphatic carbocycles. The number of halogens is 1. The van der Waals surface area contributed by atoms with Crippen LogP contribution in [0, 0.1) is 0 Å². The molecule has 0 radical (unpaired) electrons. The summed E-state index contributed by atoms with van der Waals surface area (Å²) in [4.78, 5) is 13.3. The van der Waals surface area contributed by atoms with Crippen LogP contribution in [0.15, 0.2) is 0 Å². The van der Waals surface area contributed by atoms with Crippen molar-refractivity contribution in [1.82, 2.24) is 4.90 Å². The van der Waals surface area contributed by atoms with Crippen LogP contribution in [0.2, 0.25) is 0 Å². The summed E-state index contributed by atoms with van der Waals surface area (Å²) in [6.07, 6.45) is -1.02. The molecular weight excluding hydrogens is 213 g/mol. The van der Waals surface area contributed by atoms with E-state index in [0.717, 1.165) is 0 Å². The van der Waals surface area contributed by atoms with Crippen LogP contribution in [0.3, 0.4) is 0 Å². The molecule has 4 nitrogen and oxygen atoms in total. The van der Waals surface area contributed by atoms with Crippen LogP contribution in [0.25, 0.3) is 0 Å². The van der Waals surface area contributed by atoms with E-state index in [4.69, 9.17) is 9.47 Å². The summed E-state index contributed by atoms with van der Waals surface area (Å²) in [5.74, 6) is 0. The minimum Gasteiger partial charge on any atom is -0.444 e. The highest BCUT2D eigenvalue weighted by Crippen LogP contribution is 2.31. The number of amides is 1. The van der Waals surface area contributed by atoms with E-state index < -0.39 is 17.9 Å². The molecule has 2 rings (SSSR count). The van der Waals surface area contributed by atoms with Gasteiger partial charge in [-0.05, 0) is 20.8 Å². The zero-order valence-corrected chi connectivity index (χ0v) is 9.90. The molecule has 2 aliphatic rings. The van der Waals surface area contributed by atoms with E-state index in [1.807, 2.05) is 0 Å². The van der Waals surface area contributed by atoms with E-state index in [-0.39, 0.29) is 18.7 Å². The molecule has 2 saturated heterocycles. The Morgan fingerprint density at radius 2 is 2.12 bits per heavy atom. The SMILES string of the molecule is CC(C)(C)OC(=O)N1C[C@@H](F)CC1[C@H]1CO1. The number of alkyl halides is 1. The molecule has 5 heteroatoms. The van der Waals surface area contributed by atoms with Crippen LogP contribution in [0.4, 0.5) is 9.18 Å². The number of epoxide rings is 1. The first-order valence-corrected chi connectivity index (χ1v) is 5.62. The van der Waals surface area contributed by atoms with Crippen molar-refractivity contribution < 1.29 is 18.7 Å². The highest BCUT2D eigenvalue weighted by Gasteiger charge is 2.46. The Balaban J connectivity index is 1.98. The van der Waals surface area contributed by atoms with E-state index in [2.05, 4.69) is 0 Å². The highest BCUT2D eigenvalue weighted by atomic mass is 19.1. The van der Waals surface area contributed by atoms with Gasteiger partial charge in [-0.25, -0.2) is 9.18 Å². The van der Waals surface area contributed by atoms with Crippen molar-refractivity contribution in [3.05, 3.63) is 0 Å². The molecule has 2 heterocycles. The second-order valence-electron chi connectivity index (χ2n) is 5.40. The monoisotopic (exact) mass is 231 g/mol. The number of likely N-dealkylation sites (tertiary alicyclic amines) is 1. The van der Waals surface area contributed by atoms with E-state index in [0.29, 0.717) is 13.0 Å². The summed E-state index contributed by atoms with van der Waals surface area (Å²) in [6, 6.07) is -0.148. The van der Waals surface area contributed by atoms with Crippen LogP contribution in [-0.2, 0) is 9.47 Å². The van der Waals surface area contributed by atoms with Crippen LogP contribution in [-0.4, -0.2) is 48.1 Å². The Morgan fingerprint density at radius 1 is 1.50 bits per heavy atom. The lowest BCUT2D eigenvalue weighted by Gasteiger charge is -2.27. The summed E-state index contributed by atoms with van der Waals surface area (Å²) in [7, 11) is 0. The molecule has 2 aliphatic heterocycles. The molecule has 16 heavy (non-hydrogen) atoms. The average Bonchev–Trinajstić information content (AvgIpc) is 2.87. The van der Waals surface area contributed by atoms with Crippen LogP contribution < -0.4 is 0 Å². The first-order chi connectivity index (χ1) is 7.37. The first-order valence-electron chi connectivity index (χ1n) is 5.62. The average molecular weight is 231 g/mol. The Bertz CT molecular complexity index is 285. The Labute approximate surface area is 94.7 Å². The number of ether oxygens (including phenoxy) is 2. The molecular formula is C11H18FNO3. The van der Waals surface area contributed by atoms with Gasteiger partial charge >= 0.3 is 6.09 Å². The summed E-state index contributed by atoms with van der Waals surface area (Å²) >= 11 is 0. The molecule has 92 valence electrons. The molecule has 0 spiro atoms. The lowest BCUT2D eigenvalue weighted by atomic mass is 10.1. The molecule has 0 saturated carbocycles. The molecule has 0 aromatic carbocycles. The van der Waals surface area contributed by atoms with Gasteiger partial charge in [0, 0.05) is 6.42 Å². The number of rotatable bonds is 1. The van der Waals surface area contributed by atoms with Gasteiger partial charge in [0.15, 0.2) is 0 Å². The van der Waals surface area contributed by atoms with Gasteiger partial charge < -0.3 is 9.47 Å². The number of hydrogen-bond acceptors (Lipinski definition) is 3. The van der Waals surface area contributed by atoms with Crippen molar-refractivity contribution in [1.29, 1.82) is 0 Å². The zero-order valence-electron chi connectivity index (χ0n) is 9.90. The molecule has 1 amide bonds. The van der Waals surface area contributed by atoms with Gasteiger partial charge in [0.2, 0.25) is 0 Å². The topological polar surface area (TPSA) is 42.1 Å². The van der Waals surface area contributed by atoms with E-state index >= 15 is 0 Å². The number of carbonyl (C=O) groups is 1. The second kappa shape index (κ2) is 3.87. The normalized spacial score (nSPS) is 34.0. The number of nitrogens with zero attached hydrogens (tertiary/aromatic N) is 1. The van der Waals surface area contributed by atoms with Crippen molar-refractivity contribution in [2.45, 2.75) is 51.1 Å². The Kier molecular flexibility index (Phi) is 2.82. The summed E-state index contributed by atoms with van der Waals surface area (Å²) in [5.41, 5.74) is -0.541.